The van der Waals surface area contributed by atoms with E-state index >= 15 is 0 Å². The van der Waals surface area contributed by atoms with Crippen molar-refractivity contribution in [1.29, 1.82) is 0 Å². The first-order valence-corrected chi connectivity index (χ1v) is 7.70. The molecule has 1 aliphatic heterocycles. The van der Waals surface area contributed by atoms with Crippen LogP contribution in [0.4, 0.5) is 13.2 Å². The van der Waals surface area contributed by atoms with Gasteiger partial charge in [0, 0.05) is 32.3 Å². The number of methoxy groups -OCH3 is 1. The highest BCUT2D eigenvalue weighted by molar-refractivity contribution is 7.88. The fourth-order valence-corrected chi connectivity index (χ4v) is 2.59. The van der Waals surface area contributed by atoms with Crippen LogP contribution in [0.25, 0.3) is 0 Å². The molecule has 0 aromatic carbocycles. The predicted molar refractivity (Wildman–Crippen MR) is 69.0 cm³/mol. The lowest BCUT2D eigenvalue weighted by atomic mass is 9.98. The van der Waals surface area contributed by atoms with Gasteiger partial charge in [-0.25, -0.2) is 4.98 Å². The minimum Gasteiger partial charge on any atom is -0.378 e. The van der Waals surface area contributed by atoms with Crippen LogP contribution in [0.1, 0.15) is 12.1 Å². The van der Waals surface area contributed by atoms with Crippen molar-refractivity contribution in [1.82, 2.24) is 4.98 Å². The predicted octanol–water partition coefficient (Wildman–Crippen LogP) is 2.23. The summed E-state index contributed by atoms with van der Waals surface area (Å²) >= 11 is 5.73. The SMILES string of the molecule is COC1(c2cc(OS(=O)(=O)C(F)(F)F)cc(Cl)n2)CCOC1. The molecule has 2 rings (SSSR count). The zero-order chi connectivity index (χ0) is 16.6. The van der Waals surface area contributed by atoms with E-state index in [1.54, 1.807) is 0 Å². The van der Waals surface area contributed by atoms with Crippen molar-refractivity contribution >= 4 is 21.7 Å². The van der Waals surface area contributed by atoms with Gasteiger partial charge in [0.1, 0.15) is 16.5 Å². The van der Waals surface area contributed by atoms with Crippen molar-refractivity contribution < 1.29 is 35.2 Å². The van der Waals surface area contributed by atoms with Gasteiger partial charge >= 0.3 is 15.6 Å². The van der Waals surface area contributed by atoms with Crippen LogP contribution >= 0.6 is 11.6 Å². The highest BCUT2D eigenvalue weighted by atomic mass is 35.5. The summed E-state index contributed by atoms with van der Waals surface area (Å²) in [6.45, 7) is 0.474. The molecule has 124 valence electrons. The summed E-state index contributed by atoms with van der Waals surface area (Å²) in [6.07, 6.45) is 0.391. The number of nitrogens with zero attached hydrogens (tertiary/aromatic N) is 1. The fraction of sp³-hybridized carbons (Fsp3) is 0.545. The van der Waals surface area contributed by atoms with Crippen molar-refractivity contribution in [3.05, 3.63) is 23.0 Å². The number of halogens is 4. The average molecular weight is 362 g/mol. The molecular formula is C11H11ClF3NO5S. The van der Waals surface area contributed by atoms with E-state index in [9.17, 15) is 21.6 Å². The van der Waals surface area contributed by atoms with Crippen LogP contribution in [0.5, 0.6) is 5.75 Å². The molecule has 0 radical (unpaired) electrons. The van der Waals surface area contributed by atoms with E-state index in [2.05, 4.69) is 9.17 Å². The Morgan fingerprint density at radius 3 is 2.59 bits per heavy atom. The normalized spacial score (nSPS) is 22.8. The lowest BCUT2D eigenvalue weighted by molar-refractivity contribution is -0.0500. The summed E-state index contributed by atoms with van der Waals surface area (Å²) < 4.78 is 73.7. The summed E-state index contributed by atoms with van der Waals surface area (Å²) in [5, 5.41) is -0.229. The Labute approximate surface area is 129 Å². The Balaban J connectivity index is 2.40. The zero-order valence-electron chi connectivity index (χ0n) is 11.2. The molecule has 1 aromatic rings. The second-order valence-electron chi connectivity index (χ2n) is 4.50. The van der Waals surface area contributed by atoms with E-state index in [0.29, 0.717) is 13.0 Å². The van der Waals surface area contributed by atoms with Crippen LogP contribution in [0.15, 0.2) is 12.1 Å². The molecule has 1 atom stereocenters. The number of alkyl halides is 3. The maximum Gasteiger partial charge on any atom is 0.534 e. The Kier molecular flexibility index (Phi) is 4.58. The smallest absolute Gasteiger partial charge is 0.378 e. The fourth-order valence-electron chi connectivity index (χ4n) is 1.94. The second-order valence-corrected chi connectivity index (χ2v) is 6.42. The number of aromatic nitrogens is 1. The Morgan fingerprint density at radius 2 is 2.09 bits per heavy atom. The van der Waals surface area contributed by atoms with E-state index in [-0.39, 0.29) is 17.5 Å². The first-order valence-electron chi connectivity index (χ1n) is 5.91. The molecule has 1 aromatic heterocycles. The molecule has 1 fully saturated rings. The molecule has 0 N–H and O–H groups in total. The minimum absolute atomic E-state index is 0.113. The maximum absolute atomic E-state index is 12.4. The van der Waals surface area contributed by atoms with Crippen LogP contribution < -0.4 is 4.18 Å². The number of hydrogen-bond donors (Lipinski definition) is 0. The lowest BCUT2D eigenvalue weighted by Gasteiger charge is -2.25. The van der Waals surface area contributed by atoms with Gasteiger partial charge in [0.15, 0.2) is 0 Å². The molecule has 0 aliphatic carbocycles. The third-order valence-electron chi connectivity index (χ3n) is 3.10. The van der Waals surface area contributed by atoms with Gasteiger partial charge in [0.25, 0.3) is 0 Å². The van der Waals surface area contributed by atoms with Gasteiger partial charge < -0.3 is 13.7 Å². The Morgan fingerprint density at radius 1 is 1.41 bits per heavy atom. The van der Waals surface area contributed by atoms with Gasteiger partial charge in [-0.3, -0.25) is 0 Å². The average Bonchev–Trinajstić information content (AvgIpc) is 2.86. The molecular weight excluding hydrogens is 351 g/mol. The Bertz CT molecular complexity index is 658. The molecule has 0 bridgehead atoms. The van der Waals surface area contributed by atoms with Crippen molar-refractivity contribution in [3.63, 3.8) is 0 Å². The first kappa shape index (κ1) is 17.3. The van der Waals surface area contributed by atoms with Gasteiger partial charge in [0.2, 0.25) is 0 Å². The van der Waals surface area contributed by atoms with Crippen LogP contribution in [-0.2, 0) is 25.2 Å². The molecule has 0 spiro atoms. The Hall–Kier alpha value is -1.10. The molecule has 0 amide bonds. The minimum atomic E-state index is -5.79. The van der Waals surface area contributed by atoms with Crippen LogP contribution in [-0.4, -0.2) is 39.2 Å². The molecule has 2 heterocycles. The molecule has 6 nitrogen and oxygen atoms in total. The zero-order valence-corrected chi connectivity index (χ0v) is 12.8. The summed E-state index contributed by atoms with van der Waals surface area (Å²) in [6, 6.07) is 1.90. The third kappa shape index (κ3) is 3.29. The van der Waals surface area contributed by atoms with Crippen LogP contribution in [0, 0.1) is 0 Å². The van der Waals surface area contributed by atoms with E-state index in [0.717, 1.165) is 12.1 Å². The van der Waals surface area contributed by atoms with Crippen molar-refractivity contribution in [2.75, 3.05) is 20.3 Å². The number of ether oxygens (including phenoxy) is 2. The van der Waals surface area contributed by atoms with E-state index < -0.39 is 27.0 Å². The molecule has 22 heavy (non-hydrogen) atoms. The molecule has 0 saturated carbocycles. The largest absolute Gasteiger partial charge is 0.534 e. The quantitative estimate of drug-likeness (QED) is 0.465. The topological polar surface area (TPSA) is 74.7 Å². The van der Waals surface area contributed by atoms with Crippen molar-refractivity contribution in [2.24, 2.45) is 0 Å². The summed E-state index contributed by atoms with van der Waals surface area (Å²) in [4.78, 5) is 3.96. The first-order chi connectivity index (χ1) is 10.1. The molecule has 1 aliphatic rings. The van der Waals surface area contributed by atoms with Crippen molar-refractivity contribution in [2.45, 2.75) is 17.5 Å². The van der Waals surface area contributed by atoms with Gasteiger partial charge in [-0.1, -0.05) is 11.6 Å². The molecule has 11 heteroatoms. The summed E-state index contributed by atoms with van der Waals surface area (Å²) in [5.74, 6) is -0.601. The summed E-state index contributed by atoms with van der Waals surface area (Å²) in [5.41, 5.74) is -6.42. The second kappa shape index (κ2) is 5.84. The van der Waals surface area contributed by atoms with Gasteiger partial charge in [-0.2, -0.15) is 21.6 Å². The molecule has 1 saturated heterocycles. The van der Waals surface area contributed by atoms with Gasteiger partial charge in [-0.15, -0.1) is 0 Å². The van der Waals surface area contributed by atoms with Crippen LogP contribution in [0.2, 0.25) is 5.15 Å². The van der Waals surface area contributed by atoms with Gasteiger partial charge in [-0.05, 0) is 0 Å². The standard InChI is InChI=1S/C11H11ClF3NO5S/c1-19-10(2-3-20-6-10)8-4-7(5-9(12)16-8)21-22(17,18)11(13,14)15/h4-5H,2-3,6H2,1H3. The highest BCUT2D eigenvalue weighted by Gasteiger charge is 2.49. The highest BCUT2D eigenvalue weighted by Crippen LogP contribution is 2.36. The van der Waals surface area contributed by atoms with Crippen LogP contribution in [0.3, 0.4) is 0 Å². The lowest BCUT2D eigenvalue weighted by Crippen LogP contribution is -2.31. The van der Waals surface area contributed by atoms with E-state index in [4.69, 9.17) is 21.1 Å². The summed E-state index contributed by atoms with van der Waals surface area (Å²) in [7, 11) is -4.41. The monoisotopic (exact) mass is 361 g/mol. The number of hydrogen-bond acceptors (Lipinski definition) is 6. The van der Waals surface area contributed by atoms with E-state index in [1.807, 2.05) is 0 Å². The number of rotatable bonds is 4. The number of pyridine rings is 1. The maximum atomic E-state index is 12.4. The third-order valence-corrected chi connectivity index (χ3v) is 4.27. The van der Waals surface area contributed by atoms with E-state index in [1.165, 1.54) is 7.11 Å². The van der Waals surface area contributed by atoms with Gasteiger partial charge in [0.05, 0.1) is 12.3 Å². The van der Waals surface area contributed by atoms with Crippen molar-refractivity contribution in [3.8, 4) is 5.75 Å². The molecule has 1 unspecified atom stereocenters.